The number of hydrogen-bond donors (Lipinski definition) is 2. The smallest absolute Gasteiger partial charge is 0.310 e. The van der Waals surface area contributed by atoms with Crippen molar-refractivity contribution in [2.24, 2.45) is 11.8 Å². The van der Waals surface area contributed by atoms with Gasteiger partial charge in [-0.05, 0) is 24.5 Å². The summed E-state index contributed by atoms with van der Waals surface area (Å²) in [6.45, 7) is 0.354. The van der Waals surface area contributed by atoms with Crippen molar-refractivity contribution in [2.45, 2.75) is 31.6 Å². The molecular weight excluding hydrogens is 260 g/mol. The highest BCUT2D eigenvalue weighted by atomic mass is 16.5. The van der Waals surface area contributed by atoms with Gasteiger partial charge in [0, 0.05) is 18.9 Å². The molecule has 1 aromatic heterocycles. The van der Waals surface area contributed by atoms with Crippen LogP contribution in [-0.2, 0) is 20.9 Å². The van der Waals surface area contributed by atoms with E-state index in [-0.39, 0.29) is 18.1 Å². The average Bonchev–Trinajstić information content (AvgIpc) is 3.06. The van der Waals surface area contributed by atoms with Crippen LogP contribution in [0, 0.1) is 11.8 Å². The Balaban J connectivity index is 1.66. The van der Waals surface area contributed by atoms with Crippen molar-refractivity contribution in [3.8, 4) is 0 Å². The number of fused-ring (bicyclic) bond motifs is 2. The van der Waals surface area contributed by atoms with Gasteiger partial charge >= 0.3 is 5.97 Å². The Labute approximate surface area is 116 Å². The lowest BCUT2D eigenvalue weighted by molar-refractivity contribution is -0.147. The van der Waals surface area contributed by atoms with Gasteiger partial charge < -0.3 is 15.2 Å². The monoisotopic (exact) mass is 276 g/mol. The predicted molar refractivity (Wildman–Crippen MR) is 68.6 cm³/mol. The molecule has 0 unspecified atom stereocenters. The van der Waals surface area contributed by atoms with Crippen molar-refractivity contribution in [2.75, 3.05) is 0 Å². The number of aliphatic carboxylic acids is 1. The molecule has 0 aliphatic carbocycles. The summed E-state index contributed by atoms with van der Waals surface area (Å²) in [7, 11) is 0. The zero-order valence-electron chi connectivity index (χ0n) is 10.9. The molecule has 2 N–H and O–H groups in total. The molecule has 0 radical (unpaired) electrons. The molecule has 6 heteroatoms. The van der Waals surface area contributed by atoms with Crippen LogP contribution in [0.1, 0.15) is 18.4 Å². The van der Waals surface area contributed by atoms with Crippen molar-refractivity contribution >= 4 is 11.9 Å². The molecule has 0 spiro atoms. The van der Waals surface area contributed by atoms with E-state index >= 15 is 0 Å². The predicted octanol–water partition coefficient (Wildman–Crippen LogP) is 0.576. The molecule has 4 atom stereocenters. The highest BCUT2D eigenvalue weighted by Crippen LogP contribution is 2.43. The zero-order chi connectivity index (χ0) is 14.1. The van der Waals surface area contributed by atoms with Crippen LogP contribution in [0.25, 0.3) is 0 Å². The molecule has 2 fully saturated rings. The Kier molecular flexibility index (Phi) is 3.40. The summed E-state index contributed by atoms with van der Waals surface area (Å²) in [5, 5.41) is 12.1. The molecule has 20 heavy (non-hydrogen) atoms. The first-order valence-corrected chi connectivity index (χ1v) is 6.71. The van der Waals surface area contributed by atoms with E-state index in [1.165, 1.54) is 0 Å². The summed E-state index contributed by atoms with van der Waals surface area (Å²) in [4.78, 5) is 27.5. The van der Waals surface area contributed by atoms with Gasteiger partial charge in [0.1, 0.15) is 0 Å². The highest BCUT2D eigenvalue weighted by Gasteiger charge is 2.55. The van der Waals surface area contributed by atoms with Crippen LogP contribution in [-0.4, -0.2) is 34.2 Å². The molecule has 2 bridgehead atoms. The molecule has 0 saturated carbocycles. The van der Waals surface area contributed by atoms with Crippen molar-refractivity contribution in [1.29, 1.82) is 0 Å². The molecule has 2 saturated heterocycles. The third-order valence-electron chi connectivity index (χ3n) is 4.05. The van der Waals surface area contributed by atoms with Gasteiger partial charge in [0.25, 0.3) is 0 Å². The second-order valence-corrected chi connectivity index (χ2v) is 5.26. The standard InChI is InChI=1S/C14H16N2O4/c17-13(16-7-8-2-1-5-15-6-8)11-9-3-4-10(20-9)12(11)14(18)19/h1-2,5-6,9-12H,3-4,7H2,(H,16,17)(H,18,19)/t9-,10-,11-,12-/m1/s1. The van der Waals surface area contributed by atoms with E-state index in [1.807, 2.05) is 6.07 Å². The molecule has 0 aromatic carbocycles. The third kappa shape index (κ3) is 2.27. The molecule has 2 aliphatic heterocycles. The van der Waals surface area contributed by atoms with E-state index < -0.39 is 17.8 Å². The van der Waals surface area contributed by atoms with Gasteiger partial charge in [-0.15, -0.1) is 0 Å². The van der Waals surface area contributed by atoms with Gasteiger partial charge in [-0.2, -0.15) is 0 Å². The first-order valence-electron chi connectivity index (χ1n) is 6.71. The maximum absolute atomic E-state index is 12.2. The Morgan fingerprint density at radius 3 is 2.75 bits per heavy atom. The second kappa shape index (κ2) is 5.20. The fourth-order valence-electron chi connectivity index (χ4n) is 3.13. The first-order chi connectivity index (χ1) is 9.66. The molecule has 3 rings (SSSR count). The van der Waals surface area contributed by atoms with E-state index in [0.717, 1.165) is 18.4 Å². The number of amides is 1. The first kappa shape index (κ1) is 13.1. The van der Waals surface area contributed by atoms with Gasteiger partial charge in [-0.3, -0.25) is 14.6 Å². The Bertz CT molecular complexity index is 519. The van der Waals surface area contributed by atoms with Crippen molar-refractivity contribution in [1.82, 2.24) is 10.3 Å². The topological polar surface area (TPSA) is 88.5 Å². The van der Waals surface area contributed by atoms with Crippen LogP contribution in [0.15, 0.2) is 24.5 Å². The Morgan fingerprint density at radius 2 is 2.10 bits per heavy atom. The van der Waals surface area contributed by atoms with Crippen molar-refractivity contribution in [3.63, 3.8) is 0 Å². The maximum atomic E-state index is 12.2. The minimum absolute atomic E-state index is 0.242. The molecule has 2 aliphatic rings. The third-order valence-corrected chi connectivity index (χ3v) is 4.05. The number of carboxylic acids is 1. The lowest BCUT2D eigenvalue weighted by atomic mass is 9.78. The summed E-state index contributed by atoms with van der Waals surface area (Å²) in [5.74, 6) is -2.49. The maximum Gasteiger partial charge on any atom is 0.310 e. The van der Waals surface area contributed by atoms with Crippen LogP contribution < -0.4 is 5.32 Å². The summed E-state index contributed by atoms with van der Waals surface area (Å²) < 4.78 is 5.58. The number of pyridine rings is 1. The summed E-state index contributed by atoms with van der Waals surface area (Å²) in [5.41, 5.74) is 0.886. The van der Waals surface area contributed by atoms with E-state index in [2.05, 4.69) is 10.3 Å². The van der Waals surface area contributed by atoms with Crippen LogP contribution >= 0.6 is 0 Å². The normalized spacial score (nSPS) is 31.2. The number of carbonyl (C=O) groups is 2. The molecule has 1 aromatic rings. The lowest BCUT2D eigenvalue weighted by Gasteiger charge is -2.23. The molecular formula is C14H16N2O4. The fraction of sp³-hybridized carbons (Fsp3) is 0.500. The van der Waals surface area contributed by atoms with E-state index in [4.69, 9.17) is 4.74 Å². The molecule has 6 nitrogen and oxygen atoms in total. The van der Waals surface area contributed by atoms with E-state index in [9.17, 15) is 14.7 Å². The van der Waals surface area contributed by atoms with Crippen molar-refractivity contribution in [3.05, 3.63) is 30.1 Å². The number of rotatable bonds is 4. The van der Waals surface area contributed by atoms with Crippen LogP contribution in [0.2, 0.25) is 0 Å². The van der Waals surface area contributed by atoms with E-state index in [0.29, 0.717) is 6.54 Å². The number of carboxylic acid groups (broad SMARTS) is 1. The number of aromatic nitrogens is 1. The summed E-state index contributed by atoms with van der Waals surface area (Å²) in [6.07, 6.45) is 4.26. The average molecular weight is 276 g/mol. The molecule has 106 valence electrons. The number of ether oxygens (including phenoxy) is 1. The number of carbonyl (C=O) groups excluding carboxylic acids is 1. The number of nitrogens with one attached hydrogen (secondary N) is 1. The van der Waals surface area contributed by atoms with Crippen molar-refractivity contribution < 1.29 is 19.4 Å². The number of nitrogens with zero attached hydrogens (tertiary/aromatic N) is 1. The number of hydrogen-bond acceptors (Lipinski definition) is 4. The van der Waals surface area contributed by atoms with Gasteiger partial charge in [-0.1, -0.05) is 6.07 Å². The van der Waals surface area contributed by atoms with Crippen LogP contribution in [0.5, 0.6) is 0 Å². The van der Waals surface area contributed by atoms with Crippen LogP contribution in [0.4, 0.5) is 0 Å². The van der Waals surface area contributed by atoms with E-state index in [1.54, 1.807) is 18.5 Å². The fourth-order valence-corrected chi connectivity index (χ4v) is 3.13. The van der Waals surface area contributed by atoms with Crippen LogP contribution in [0.3, 0.4) is 0 Å². The van der Waals surface area contributed by atoms with Gasteiger partial charge in [-0.25, -0.2) is 0 Å². The largest absolute Gasteiger partial charge is 0.481 e. The summed E-state index contributed by atoms with van der Waals surface area (Å²) >= 11 is 0. The highest BCUT2D eigenvalue weighted by molar-refractivity contribution is 5.86. The van der Waals surface area contributed by atoms with Gasteiger partial charge in [0.2, 0.25) is 5.91 Å². The van der Waals surface area contributed by atoms with Gasteiger partial charge in [0.15, 0.2) is 0 Å². The second-order valence-electron chi connectivity index (χ2n) is 5.26. The lowest BCUT2D eigenvalue weighted by Crippen LogP contribution is -2.43. The molecule has 1 amide bonds. The van der Waals surface area contributed by atoms with Gasteiger partial charge in [0.05, 0.1) is 24.0 Å². The quantitative estimate of drug-likeness (QED) is 0.839. The molecule has 3 heterocycles. The minimum atomic E-state index is -0.946. The Morgan fingerprint density at radius 1 is 1.35 bits per heavy atom. The minimum Gasteiger partial charge on any atom is -0.481 e. The summed E-state index contributed by atoms with van der Waals surface area (Å²) in [6, 6.07) is 3.65. The zero-order valence-corrected chi connectivity index (χ0v) is 10.9. The SMILES string of the molecule is O=C(O)[C@H]1[C@H](C(=O)NCc2cccnc2)[C@H]2CC[C@H]1O2. The Hall–Kier alpha value is -1.95.